The van der Waals surface area contributed by atoms with Crippen molar-refractivity contribution >= 4 is 15.2 Å². The Morgan fingerprint density at radius 2 is 0.818 bits per heavy atom. The van der Waals surface area contributed by atoms with Gasteiger partial charge in [0.15, 0.2) is 0 Å². The number of hydrogen-bond donors (Lipinski definition) is 0. The van der Waals surface area contributed by atoms with Crippen molar-refractivity contribution in [2.24, 2.45) is 0 Å². The van der Waals surface area contributed by atoms with Crippen LogP contribution in [0.3, 0.4) is 0 Å². The summed E-state index contributed by atoms with van der Waals surface area (Å²) in [7, 11) is -8.28. The van der Waals surface area contributed by atoms with Crippen molar-refractivity contribution in [2.75, 3.05) is 13.3 Å². The maximum atomic E-state index is 9.10. The first-order valence-electron chi connectivity index (χ1n) is 1.99. The van der Waals surface area contributed by atoms with Crippen molar-refractivity contribution < 1.29 is 50.4 Å². The normalized spacial score (nSPS) is 10.7. The van der Waals surface area contributed by atoms with Crippen molar-refractivity contribution in [2.45, 2.75) is 0 Å². The van der Waals surface area contributed by atoms with Gasteiger partial charge in [0.1, 0.15) is 0 Å². The molecular formula is C2H6O6P2Ti. The molecule has 0 bridgehead atoms. The average molecular weight is 236 g/mol. The monoisotopic (exact) mass is 236 g/mol. The maximum absolute atomic E-state index is 9.10. The maximum Gasteiger partial charge on any atom is 4.00 e. The molecule has 0 fully saturated rings. The third-order valence-corrected chi connectivity index (χ3v) is 0. The van der Waals surface area contributed by atoms with E-state index in [1.54, 1.807) is 0 Å². The Labute approximate surface area is 79.2 Å². The van der Waals surface area contributed by atoms with Crippen LogP contribution in [-0.4, -0.2) is 13.3 Å². The van der Waals surface area contributed by atoms with Crippen LogP contribution in [0.4, 0.5) is 0 Å². The summed E-state index contributed by atoms with van der Waals surface area (Å²) in [4.78, 5) is 36.4. The SMILES string of the molecule is CP(=O)([O-])[O-].CP(=O)([O-])[O-].[Ti+4]. The zero-order valence-electron chi connectivity index (χ0n) is 5.84. The molecule has 0 aliphatic heterocycles. The second kappa shape index (κ2) is 6.52. The second-order valence-electron chi connectivity index (χ2n) is 1.54. The Hall–Kier alpha value is 1.01. The predicted molar refractivity (Wildman–Crippen MR) is 27.1 cm³/mol. The third-order valence-electron chi connectivity index (χ3n) is 0. The van der Waals surface area contributed by atoms with Gasteiger partial charge in [-0.1, -0.05) is 15.2 Å². The van der Waals surface area contributed by atoms with Crippen LogP contribution in [0, 0.1) is 0 Å². The van der Waals surface area contributed by atoms with Crippen molar-refractivity contribution in [1.82, 2.24) is 0 Å². The molecule has 0 radical (unpaired) electrons. The van der Waals surface area contributed by atoms with Gasteiger partial charge in [0.05, 0.1) is 0 Å². The molecule has 0 aromatic carbocycles. The van der Waals surface area contributed by atoms with Crippen LogP contribution >= 0.6 is 15.2 Å². The summed E-state index contributed by atoms with van der Waals surface area (Å²) in [5.41, 5.74) is 0. The standard InChI is InChI=1S/2CH5O3P.Ti/c2*1-5(2,3)4;/h2*1H3,(H2,2,3,4);/q;;+4/p-4. The molecule has 9 heteroatoms. The van der Waals surface area contributed by atoms with E-state index in [1.807, 2.05) is 0 Å². The fourth-order valence-electron chi connectivity index (χ4n) is 0. The fraction of sp³-hybridized carbons (Fsp3) is 1.00. The van der Waals surface area contributed by atoms with E-state index >= 15 is 0 Å². The van der Waals surface area contributed by atoms with Gasteiger partial charge in [-0.25, -0.2) is 0 Å². The fourth-order valence-corrected chi connectivity index (χ4v) is 0. The number of rotatable bonds is 0. The average Bonchev–Trinajstić information content (AvgIpc) is 1.12. The van der Waals surface area contributed by atoms with Gasteiger partial charge in [-0.3, -0.25) is 0 Å². The zero-order valence-corrected chi connectivity index (χ0v) is 9.19. The van der Waals surface area contributed by atoms with Crippen molar-refractivity contribution in [3.05, 3.63) is 0 Å². The summed E-state index contributed by atoms with van der Waals surface area (Å²) in [5, 5.41) is 0. The number of hydrogen-bond acceptors (Lipinski definition) is 6. The van der Waals surface area contributed by atoms with Crippen LogP contribution in [0.15, 0.2) is 0 Å². The van der Waals surface area contributed by atoms with Gasteiger partial charge in [0, 0.05) is 0 Å². The molecule has 11 heavy (non-hydrogen) atoms. The largest absolute Gasteiger partial charge is 4.00 e. The van der Waals surface area contributed by atoms with E-state index in [4.69, 9.17) is 28.7 Å². The molecule has 0 heterocycles. The molecule has 0 spiro atoms. The van der Waals surface area contributed by atoms with E-state index in [0.29, 0.717) is 13.3 Å². The minimum Gasteiger partial charge on any atom is -0.811 e. The van der Waals surface area contributed by atoms with E-state index in [1.165, 1.54) is 0 Å². The topological polar surface area (TPSA) is 126 Å². The summed E-state index contributed by atoms with van der Waals surface area (Å²) < 4.78 is 18.2. The van der Waals surface area contributed by atoms with Gasteiger partial charge < -0.3 is 28.7 Å². The molecule has 0 saturated heterocycles. The van der Waals surface area contributed by atoms with E-state index in [-0.39, 0.29) is 21.7 Å². The first kappa shape index (κ1) is 17.9. The van der Waals surface area contributed by atoms with Crippen LogP contribution in [0.2, 0.25) is 0 Å². The molecule has 0 amide bonds. The Morgan fingerprint density at radius 1 is 0.818 bits per heavy atom. The quantitative estimate of drug-likeness (QED) is 0.327. The molecular weight excluding hydrogens is 230 g/mol. The molecule has 0 aliphatic carbocycles. The van der Waals surface area contributed by atoms with Crippen molar-refractivity contribution in [1.29, 1.82) is 0 Å². The van der Waals surface area contributed by atoms with Gasteiger partial charge in [0.2, 0.25) is 0 Å². The second-order valence-corrected chi connectivity index (χ2v) is 4.63. The minimum absolute atomic E-state index is 0. The molecule has 64 valence electrons. The van der Waals surface area contributed by atoms with Gasteiger partial charge >= 0.3 is 21.7 Å². The molecule has 0 saturated carbocycles. The molecule has 0 aromatic rings. The van der Waals surface area contributed by atoms with E-state index in [2.05, 4.69) is 0 Å². The van der Waals surface area contributed by atoms with Crippen LogP contribution in [-0.2, 0) is 30.8 Å². The third kappa shape index (κ3) is 870. The summed E-state index contributed by atoms with van der Waals surface area (Å²) >= 11 is 0. The molecule has 0 N–H and O–H groups in total. The minimum atomic E-state index is -4.14. The molecule has 0 rings (SSSR count). The summed E-state index contributed by atoms with van der Waals surface area (Å²) in [5.74, 6) is 0. The van der Waals surface area contributed by atoms with Crippen molar-refractivity contribution in [3.63, 3.8) is 0 Å². The molecule has 6 nitrogen and oxygen atoms in total. The molecule has 0 aliphatic rings. The molecule has 0 unspecified atom stereocenters. The van der Waals surface area contributed by atoms with Crippen LogP contribution in [0.25, 0.3) is 0 Å². The van der Waals surface area contributed by atoms with E-state index in [0.717, 1.165) is 0 Å². The van der Waals surface area contributed by atoms with Gasteiger partial charge in [-0.05, 0) is 13.3 Å². The van der Waals surface area contributed by atoms with Gasteiger partial charge in [-0.2, -0.15) is 0 Å². The van der Waals surface area contributed by atoms with Gasteiger partial charge in [0.25, 0.3) is 0 Å². The Balaban J connectivity index is -0.000000107. The predicted octanol–water partition coefficient (Wildman–Crippen LogP) is -2.94. The Kier molecular flexibility index (Phi) is 10.6. The molecule has 0 atom stereocenters. The summed E-state index contributed by atoms with van der Waals surface area (Å²) in [6, 6.07) is 0. The van der Waals surface area contributed by atoms with E-state index in [9.17, 15) is 0 Å². The smallest absolute Gasteiger partial charge is 0.811 e. The van der Waals surface area contributed by atoms with Gasteiger partial charge in [-0.15, -0.1) is 0 Å². The van der Waals surface area contributed by atoms with Crippen LogP contribution in [0.1, 0.15) is 0 Å². The Bertz CT molecular complexity index is 131. The zero-order chi connectivity index (χ0) is 9.00. The molecule has 0 aromatic heterocycles. The van der Waals surface area contributed by atoms with E-state index < -0.39 is 15.2 Å². The van der Waals surface area contributed by atoms with Crippen LogP contribution < -0.4 is 19.6 Å². The first-order valence-corrected chi connectivity index (χ1v) is 5.97. The summed E-state index contributed by atoms with van der Waals surface area (Å²) in [6.07, 6.45) is 0. The van der Waals surface area contributed by atoms with Crippen LogP contribution in [0.5, 0.6) is 0 Å². The summed E-state index contributed by atoms with van der Waals surface area (Å²) in [6.45, 7) is 1.26. The first-order chi connectivity index (χ1) is 4.00. The van der Waals surface area contributed by atoms with Crippen molar-refractivity contribution in [3.8, 4) is 0 Å². The Morgan fingerprint density at radius 3 is 0.818 bits per heavy atom.